The number of rotatable bonds is 6. The lowest BCUT2D eigenvalue weighted by atomic mass is 9.99. The van der Waals surface area contributed by atoms with Crippen molar-refractivity contribution in [3.8, 4) is 0 Å². The number of carboxylic acid groups (broad SMARTS) is 1. The van der Waals surface area contributed by atoms with Gasteiger partial charge in [0.25, 0.3) is 0 Å². The normalized spacial score (nSPS) is 14.2. The summed E-state index contributed by atoms with van der Waals surface area (Å²) in [5.74, 6) is -0.211. The highest BCUT2D eigenvalue weighted by atomic mass is 32.1. The molecule has 2 aromatic heterocycles. The zero-order valence-corrected chi connectivity index (χ0v) is 12.7. The summed E-state index contributed by atoms with van der Waals surface area (Å²) in [6, 6.07) is 1.40. The summed E-state index contributed by atoms with van der Waals surface area (Å²) < 4.78 is 0. The third-order valence-corrected chi connectivity index (χ3v) is 4.69. The second kappa shape index (κ2) is 6.17. The van der Waals surface area contributed by atoms with E-state index in [0.717, 1.165) is 23.1 Å². The molecule has 0 aliphatic rings. The van der Waals surface area contributed by atoms with Crippen LogP contribution in [0.25, 0.3) is 10.2 Å². The van der Waals surface area contributed by atoms with E-state index in [2.05, 4.69) is 22.2 Å². The van der Waals surface area contributed by atoms with E-state index >= 15 is 0 Å². The standard InChI is InChI=1S/C14H19N3O2S/c1-4-8(3)11(14(18)19)17-12-10-6-9(5-2)20-13(10)16-7-15-12/h6-8,11H,4-5H2,1-3H3,(H,18,19)(H,15,16,17)/t8-,11-/m1/s1. The van der Waals surface area contributed by atoms with Crippen LogP contribution in [-0.2, 0) is 11.2 Å². The average Bonchev–Trinajstić information content (AvgIpc) is 2.87. The summed E-state index contributed by atoms with van der Waals surface area (Å²) in [6.45, 7) is 6.00. The predicted octanol–water partition coefficient (Wildman–Crippen LogP) is 3.16. The molecular formula is C14H19N3O2S. The molecule has 2 N–H and O–H groups in total. The minimum atomic E-state index is -0.850. The van der Waals surface area contributed by atoms with Crippen LogP contribution in [0.3, 0.4) is 0 Å². The second-order valence-corrected chi connectivity index (χ2v) is 5.97. The Balaban J connectivity index is 2.36. The summed E-state index contributed by atoms with van der Waals surface area (Å²) >= 11 is 1.62. The number of nitrogens with zero attached hydrogens (tertiary/aromatic N) is 2. The number of aliphatic carboxylic acids is 1. The first-order valence-electron chi connectivity index (χ1n) is 6.79. The van der Waals surface area contributed by atoms with Gasteiger partial charge in [-0.05, 0) is 18.4 Å². The molecule has 2 atom stereocenters. The Morgan fingerprint density at radius 2 is 2.20 bits per heavy atom. The third kappa shape index (κ3) is 2.90. The van der Waals surface area contributed by atoms with Crippen molar-refractivity contribution in [1.29, 1.82) is 0 Å². The molecule has 0 spiro atoms. The van der Waals surface area contributed by atoms with Gasteiger partial charge in [0.2, 0.25) is 0 Å². The maximum absolute atomic E-state index is 11.4. The van der Waals surface area contributed by atoms with E-state index in [1.807, 2.05) is 19.9 Å². The highest BCUT2D eigenvalue weighted by molar-refractivity contribution is 7.18. The number of nitrogens with one attached hydrogen (secondary N) is 1. The molecule has 0 saturated carbocycles. The fraction of sp³-hybridized carbons (Fsp3) is 0.500. The fourth-order valence-electron chi connectivity index (χ4n) is 2.03. The SMILES string of the molecule is CCc1cc2c(N[C@@H](C(=O)O)[C@H](C)CC)ncnc2s1. The van der Waals surface area contributed by atoms with Crippen molar-refractivity contribution in [2.45, 2.75) is 39.7 Å². The lowest BCUT2D eigenvalue weighted by Crippen LogP contribution is -2.35. The van der Waals surface area contributed by atoms with Gasteiger partial charge >= 0.3 is 5.97 Å². The molecule has 0 unspecified atom stereocenters. The molecule has 2 heterocycles. The second-order valence-electron chi connectivity index (χ2n) is 4.85. The smallest absolute Gasteiger partial charge is 0.326 e. The molecular weight excluding hydrogens is 274 g/mol. The van der Waals surface area contributed by atoms with Crippen molar-refractivity contribution < 1.29 is 9.90 Å². The molecule has 0 saturated heterocycles. The quantitative estimate of drug-likeness (QED) is 0.855. The van der Waals surface area contributed by atoms with Crippen LogP contribution in [-0.4, -0.2) is 27.1 Å². The first-order chi connectivity index (χ1) is 9.56. The zero-order valence-electron chi connectivity index (χ0n) is 11.9. The van der Waals surface area contributed by atoms with Crippen LogP contribution in [0.5, 0.6) is 0 Å². The first-order valence-corrected chi connectivity index (χ1v) is 7.61. The lowest BCUT2D eigenvalue weighted by Gasteiger charge is -2.20. The van der Waals surface area contributed by atoms with Gasteiger partial charge in [0.05, 0.1) is 5.39 Å². The van der Waals surface area contributed by atoms with E-state index in [-0.39, 0.29) is 5.92 Å². The van der Waals surface area contributed by atoms with Crippen LogP contribution in [0.15, 0.2) is 12.4 Å². The van der Waals surface area contributed by atoms with Gasteiger partial charge < -0.3 is 10.4 Å². The van der Waals surface area contributed by atoms with Crippen LogP contribution in [0.2, 0.25) is 0 Å². The van der Waals surface area contributed by atoms with E-state index < -0.39 is 12.0 Å². The Hall–Kier alpha value is -1.69. The summed E-state index contributed by atoms with van der Waals surface area (Å²) in [5.41, 5.74) is 0. The van der Waals surface area contributed by atoms with Crippen LogP contribution in [0.1, 0.15) is 32.1 Å². The molecule has 6 heteroatoms. The molecule has 0 radical (unpaired) electrons. The maximum Gasteiger partial charge on any atom is 0.326 e. The van der Waals surface area contributed by atoms with Crippen LogP contribution >= 0.6 is 11.3 Å². The van der Waals surface area contributed by atoms with Gasteiger partial charge in [0, 0.05) is 4.88 Å². The van der Waals surface area contributed by atoms with Crippen molar-refractivity contribution in [1.82, 2.24) is 9.97 Å². The third-order valence-electron chi connectivity index (χ3n) is 3.50. The molecule has 108 valence electrons. The van der Waals surface area contributed by atoms with Crippen molar-refractivity contribution in [2.24, 2.45) is 5.92 Å². The summed E-state index contributed by atoms with van der Waals surface area (Å²) in [7, 11) is 0. The van der Waals surface area contributed by atoms with Gasteiger partial charge in [-0.25, -0.2) is 14.8 Å². The van der Waals surface area contributed by atoms with Gasteiger partial charge in [-0.2, -0.15) is 0 Å². The van der Waals surface area contributed by atoms with E-state index in [9.17, 15) is 9.90 Å². The number of aryl methyl sites for hydroxylation is 1. The number of hydrogen-bond acceptors (Lipinski definition) is 5. The molecule has 20 heavy (non-hydrogen) atoms. The highest BCUT2D eigenvalue weighted by Crippen LogP contribution is 2.29. The molecule has 2 aromatic rings. The number of carboxylic acids is 1. The number of carbonyl (C=O) groups is 1. The van der Waals surface area contributed by atoms with Crippen LogP contribution in [0.4, 0.5) is 5.82 Å². The Labute approximate surface area is 122 Å². The van der Waals surface area contributed by atoms with Gasteiger partial charge in [0.1, 0.15) is 23.0 Å². The monoisotopic (exact) mass is 293 g/mol. The Bertz CT molecular complexity index is 611. The Kier molecular flexibility index (Phi) is 4.54. The Morgan fingerprint density at radius 1 is 1.45 bits per heavy atom. The van der Waals surface area contributed by atoms with Gasteiger partial charge in [0.15, 0.2) is 0 Å². The average molecular weight is 293 g/mol. The molecule has 0 fully saturated rings. The predicted molar refractivity (Wildman–Crippen MR) is 81.3 cm³/mol. The lowest BCUT2D eigenvalue weighted by molar-refractivity contribution is -0.139. The van der Waals surface area contributed by atoms with Crippen LogP contribution in [0, 0.1) is 5.92 Å². The topological polar surface area (TPSA) is 75.1 Å². The number of fused-ring (bicyclic) bond motifs is 1. The van der Waals surface area contributed by atoms with E-state index in [4.69, 9.17) is 0 Å². The molecule has 2 rings (SSSR count). The van der Waals surface area contributed by atoms with E-state index in [1.54, 1.807) is 11.3 Å². The number of hydrogen-bond donors (Lipinski definition) is 2. The molecule has 0 bridgehead atoms. The summed E-state index contributed by atoms with van der Waals surface area (Å²) in [4.78, 5) is 22.0. The fourth-order valence-corrected chi connectivity index (χ4v) is 2.96. The van der Waals surface area contributed by atoms with Crippen molar-refractivity contribution in [3.05, 3.63) is 17.3 Å². The summed E-state index contributed by atoms with van der Waals surface area (Å²) in [5, 5.41) is 13.3. The van der Waals surface area contributed by atoms with E-state index in [1.165, 1.54) is 11.2 Å². The minimum Gasteiger partial charge on any atom is -0.480 e. The number of thiophene rings is 1. The zero-order chi connectivity index (χ0) is 14.7. The van der Waals surface area contributed by atoms with Crippen molar-refractivity contribution >= 4 is 33.3 Å². The number of aromatic nitrogens is 2. The maximum atomic E-state index is 11.4. The molecule has 0 aromatic carbocycles. The van der Waals surface area contributed by atoms with Crippen molar-refractivity contribution in [3.63, 3.8) is 0 Å². The molecule has 0 amide bonds. The minimum absolute atomic E-state index is 0.0294. The van der Waals surface area contributed by atoms with Gasteiger partial charge in [-0.15, -0.1) is 11.3 Å². The van der Waals surface area contributed by atoms with Gasteiger partial charge in [-0.3, -0.25) is 0 Å². The molecule has 0 aliphatic heterocycles. The van der Waals surface area contributed by atoms with E-state index in [0.29, 0.717) is 5.82 Å². The number of anilines is 1. The Morgan fingerprint density at radius 3 is 2.80 bits per heavy atom. The largest absolute Gasteiger partial charge is 0.480 e. The first kappa shape index (κ1) is 14.7. The van der Waals surface area contributed by atoms with Gasteiger partial charge in [-0.1, -0.05) is 27.2 Å². The van der Waals surface area contributed by atoms with Crippen LogP contribution < -0.4 is 5.32 Å². The highest BCUT2D eigenvalue weighted by Gasteiger charge is 2.24. The molecule has 0 aliphatic carbocycles. The summed E-state index contributed by atoms with van der Waals surface area (Å²) in [6.07, 6.45) is 3.21. The molecule has 5 nitrogen and oxygen atoms in total. The van der Waals surface area contributed by atoms with Crippen molar-refractivity contribution in [2.75, 3.05) is 5.32 Å².